The molecular formula is C22H20N6O3. The van der Waals surface area contributed by atoms with Gasteiger partial charge in [-0.3, -0.25) is 9.78 Å². The van der Waals surface area contributed by atoms with Crippen LogP contribution in [-0.4, -0.2) is 49.2 Å². The molecule has 1 aromatic carbocycles. The Morgan fingerprint density at radius 1 is 1.13 bits per heavy atom. The summed E-state index contributed by atoms with van der Waals surface area (Å²) < 4.78 is 10.8. The molecule has 31 heavy (non-hydrogen) atoms. The number of benzene rings is 1. The molecular weight excluding hydrogens is 396 g/mol. The number of carbonyl (C=O) groups excluding carboxylic acids is 1. The van der Waals surface area contributed by atoms with Gasteiger partial charge in [-0.15, -0.1) is 0 Å². The predicted molar refractivity (Wildman–Crippen MR) is 110 cm³/mol. The molecule has 1 aliphatic rings. The van der Waals surface area contributed by atoms with Gasteiger partial charge < -0.3 is 13.9 Å². The van der Waals surface area contributed by atoms with Crippen LogP contribution < -0.4 is 0 Å². The lowest BCUT2D eigenvalue weighted by Gasteiger charge is -2.31. The van der Waals surface area contributed by atoms with Crippen molar-refractivity contribution in [1.82, 2.24) is 30.2 Å². The molecule has 1 unspecified atom stereocenters. The number of likely N-dealkylation sites (tertiary alicyclic amines) is 1. The SMILES string of the molecule is O=C(c1cc(-c2ccccc2)on1)N1CCCC(Cc2nc(-c3cnccn3)no2)C1. The van der Waals surface area contributed by atoms with Gasteiger partial charge in [-0.25, -0.2) is 4.98 Å². The largest absolute Gasteiger partial charge is 0.355 e. The van der Waals surface area contributed by atoms with Crippen molar-refractivity contribution in [2.75, 3.05) is 13.1 Å². The maximum Gasteiger partial charge on any atom is 0.276 e. The van der Waals surface area contributed by atoms with E-state index < -0.39 is 0 Å². The van der Waals surface area contributed by atoms with Gasteiger partial charge in [0.2, 0.25) is 11.7 Å². The summed E-state index contributed by atoms with van der Waals surface area (Å²) in [4.78, 5) is 27.4. The second-order valence-corrected chi connectivity index (χ2v) is 7.51. The highest BCUT2D eigenvalue weighted by atomic mass is 16.5. The lowest BCUT2D eigenvalue weighted by atomic mass is 9.94. The minimum Gasteiger partial charge on any atom is -0.355 e. The Balaban J connectivity index is 1.24. The van der Waals surface area contributed by atoms with Crippen molar-refractivity contribution >= 4 is 5.91 Å². The Bertz CT molecular complexity index is 1160. The molecule has 4 aromatic rings. The first kappa shape index (κ1) is 19.1. The molecule has 1 aliphatic heterocycles. The summed E-state index contributed by atoms with van der Waals surface area (Å²) in [5.41, 5.74) is 1.78. The fourth-order valence-corrected chi connectivity index (χ4v) is 3.80. The molecule has 5 rings (SSSR count). The van der Waals surface area contributed by atoms with Crippen molar-refractivity contribution in [1.29, 1.82) is 0 Å². The maximum absolute atomic E-state index is 13.0. The van der Waals surface area contributed by atoms with Gasteiger partial charge in [0.15, 0.2) is 11.5 Å². The highest BCUT2D eigenvalue weighted by molar-refractivity contribution is 5.93. The second-order valence-electron chi connectivity index (χ2n) is 7.51. The Labute approximate surface area is 178 Å². The number of hydrogen-bond donors (Lipinski definition) is 0. The monoisotopic (exact) mass is 416 g/mol. The second kappa shape index (κ2) is 8.47. The molecule has 9 nitrogen and oxygen atoms in total. The van der Waals surface area contributed by atoms with Crippen molar-refractivity contribution < 1.29 is 13.8 Å². The molecule has 3 aromatic heterocycles. The van der Waals surface area contributed by atoms with Crippen LogP contribution in [0.2, 0.25) is 0 Å². The van der Waals surface area contributed by atoms with Crippen LogP contribution in [0.15, 0.2) is 64.0 Å². The normalized spacial score (nSPS) is 16.4. The van der Waals surface area contributed by atoms with E-state index in [0.29, 0.717) is 48.4 Å². The van der Waals surface area contributed by atoms with Crippen LogP contribution in [0.5, 0.6) is 0 Å². The first-order chi connectivity index (χ1) is 15.3. The van der Waals surface area contributed by atoms with Gasteiger partial charge in [-0.2, -0.15) is 4.98 Å². The van der Waals surface area contributed by atoms with E-state index in [-0.39, 0.29) is 11.8 Å². The van der Waals surface area contributed by atoms with E-state index in [1.165, 1.54) is 0 Å². The zero-order chi connectivity index (χ0) is 21.0. The summed E-state index contributed by atoms with van der Waals surface area (Å²) in [5.74, 6) is 1.64. The maximum atomic E-state index is 13.0. The van der Waals surface area contributed by atoms with Gasteiger partial charge in [0.05, 0.1) is 6.20 Å². The van der Waals surface area contributed by atoms with Crippen molar-refractivity contribution in [3.05, 3.63) is 66.6 Å². The highest BCUT2D eigenvalue weighted by Gasteiger charge is 2.28. The standard InChI is InChI=1S/C22H20N6O3/c29-22(17-12-19(30-26-17)16-6-2-1-3-7-16)28-10-4-5-15(14-28)11-20-25-21(27-31-20)18-13-23-8-9-24-18/h1-3,6-9,12-13,15H,4-5,10-11,14H2. The first-order valence-electron chi connectivity index (χ1n) is 10.2. The molecule has 4 heterocycles. The van der Waals surface area contributed by atoms with Gasteiger partial charge in [0.25, 0.3) is 5.91 Å². The van der Waals surface area contributed by atoms with E-state index in [4.69, 9.17) is 9.05 Å². The van der Waals surface area contributed by atoms with E-state index in [1.807, 2.05) is 35.2 Å². The third-order valence-electron chi connectivity index (χ3n) is 5.32. The Morgan fingerprint density at radius 2 is 2.03 bits per heavy atom. The van der Waals surface area contributed by atoms with Gasteiger partial charge in [0.1, 0.15) is 5.69 Å². The number of hydrogen-bond acceptors (Lipinski definition) is 8. The van der Waals surface area contributed by atoms with Crippen LogP contribution in [-0.2, 0) is 6.42 Å². The molecule has 0 radical (unpaired) electrons. The van der Waals surface area contributed by atoms with Gasteiger partial charge in [-0.05, 0) is 18.8 Å². The quantitative estimate of drug-likeness (QED) is 0.487. The fraction of sp³-hybridized carbons (Fsp3) is 0.273. The molecule has 1 amide bonds. The molecule has 1 atom stereocenters. The third kappa shape index (κ3) is 4.20. The topological polar surface area (TPSA) is 111 Å². The summed E-state index contributed by atoms with van der Waals surface area (Å²) in [6.45, 7) is 1.30. The lowest BCUT2D eigenvalue weighted by molar-refractivity contribution is 0.0658. The predicted octanol–water partition coefficient (Wildman–Crippen LogP) is 3.28. The summed E-state index contributed by atoms with van der Waals surface area (Å²) in [6, 6.07) is 11.3. The Kier molecular flexibility index (Phi) is 5.22. The van der Waals surface area contributed by atoms with E-state index in [2.05, 4.69) is 25.3 Å². The van der Waals surface area contributed by atoms with Crippen LogP contribution in [0.3, 0.4) is 0 Å². The van der Waals surface area contributed by atoms with Crippen LogP contribution in [0, 0.1) is 5.92 Å². The molecule has 1 saturated heterocycles. The molecule has 9 heteroatoms. The number of piperidine rings is 1. The Morgan fingerprint density at radius 3 is 2.87 bits per heavy atom. The summed E-state index contributed by atoms with van der Waals surface area (Å²) in [5, 5.41) is 7.99. The molecule has 0 spiro atoms. The zero-order valence-corrected chi connectivity index (χ0v) is 16.7. The number of nitrogens with zero attached hydrogens (tertiary/aromatic N) is 6. The average molecular weight is 416 g/mol. The van der Waals surface area contributed by atoms with Gasteiger partial charge in [-0.1, -0.05) is 40.6 Å². The van der Waals surface area contributed by atoms with Crippen molar-refractivity contribution in [2.24, 2.45) is 5.92 Å². The minimum absolute atomic E-state index is 0.124. The van der Waals surface area contributed by atoms with E-state index in [0.717, 1.165) is 18.4 Å². The van der Waals surface area contributed by atoms with Crippen LogP contribution >= 0.6 is 0 Å². The van der Waals surface area contributed by atoms with Gasteiger partial charge >= 0.3 is 0 Å². The van der Waals surface area contributed by atoms with E-state index >= 15 is 0 Å². The zero-order valence-electron chi connectivity index (χ0n) is 16.7. The van der Waals surface area contributed by atoms with Crippen molar-refractivity contribution in [3.8, 4) is 22.8 Å². The highest BCUT2D eigenvalue weighted by Crippen LogP contribution is 2.24. The number of carbonyl (C=O) groups is 1. The number of amides is 1. The molecule has 1 fully saturated rings. The molecule has 156 valence electrons. The number of rotatable bonds is 5. The lowest BCUT2D eigenvalue weighted by Crippen LogP contribution is -2.40. The van der Waals surface area contributed by atoms with E-state index in [1.54, 1.807) is 24.7 Å². The molecule has 0 saturated carbocycles. The van der Waals surface area contributed by atoms with E-state index in [9.17, 15) is 4.79 Å². The molecule has 0 aliphatic carbocycles. The summed E-state index contributed by atoms with van der Waals surface area (Å²) in [6.07, 6.45) is 7.27. The smallest absolute Gasteiger partial charge is 0.276 e. The van der Waals surface area contributed by atoms with Crippen LogP contribution in [0.1, 0.15) is 29.2 Å². The van der Waals surface area contributed by atoms with Crippen LogP contribution in [0.25, 0.3) is 22.8 Å². The average Bonchev–Trinajstić information content (AvgIpc) is 3.50. The third-order valence-corrected chi connectivity index (χ3v) is 5.32. The van der Waals surface area contributed by atoms with Crippen molar-refractivity contribution in [3.63, 3.8) is 0 Å². The number of aromatic nitrogens is 5. The van der Waals surface area contributed by atoms with Crippen LogP contribution in [0.4, 0.5) is 0 Å². The van der Waals surface area contributed by atoms with Gasteiger partial charge in [0, 0.05) is 43.5 Å². The first-order valence-corrected chi connectivity index (χ1v) is 10.2. The summed E-state index contributed by atoms with van der Waals surface area (Å²) in [7, 11) is 0. The Hall–Kier alpha value is -3.88. The molecule has 0 N–H and O–H groups in total. The molecule has 0 bridgehead atoms. The summed E-state index contributed by atoms with van der Waals surface area (Å²) >= 11 is 0. The fourth-order valence-electron chi connectivity index (χ4n) is 3.80. The minimum atomic E-state index is -0.124. The van der Waals surface area contributed by atoms with Crippen molar-refractivity contribution in [2.45, 2.75) is 19.3 Å².